The summed E-state index contributed by atoms with van der Waals surface area (Å²) < 4.78 is 54.5. The molecular weight excluding hydrogens is 242 g/mol. The fourth-order valence-electron chi connectivity index (χ4n) is 0.134. The molecule has 0 N–H and O–H groups in total. The number of alkyl halides is 2. The van der Waals surface area contributed by atoms with Crippen LogP contribution in [-0.2, 0) is 39.0 Å². The average Bonchev–Trinajstić information content (AvgIpc) is 1.60. The third-order valence-corrected chi connectivity index (χ3v) is 0.723. The van der Waals surface area contributed by atoms with E-state index >= 15 is 0 Å². The summed E-state index contributed by atoms with van der Waals surface area (Å²) in [6.07, 6.45) is -3.65. The molecule has 0 spiro atoms. The minimum Gasteiger partial charge on any atom is -0.316 e. The second-order valence-electron chi connectivity index (χ2n) is 1.10. The first-order valence-corrected chi connectivity index (χ1v) is 3.10. The van der Waals surface area contributed by atoms with Crippen LogP contribution < -0.4 is 0 Å². The van der Waals surface area contributed by atoms with E-state index in [1.54, 1.807) is 0 Å². The summed E-state index contributed by atoms with van der Waals surface area (Å²) >= 11 is 0. The molecule has 0 aromatic carbocycles. The fourth-order valence-corrected chi connectivity index (χ4v) is 0.403. The van der Waals surface area contributed by atoms with E-state index in [1.807, 2.05) is 0 Å². The molecule has 0 radical (unpaired) electrons. The van der Waals surface area contributed by atoms with Crippen molar-refractivity contribution < 1.29 is 49.5 Å². The maximum atomic E-state index is 11.2. The molecule has 0 rings (SSSR count). The van der Waals surface area contributed by atoms with Gasteiger partial charge in [-0.1, -0.05) is 3.89 Å². The molecule has 0 aliphatic carbocycles. The molecule has 11 heavy (non-hydrogen) atoms. The molecule has 0 atom stereocenters. The van der Waals surface area contributed by atoms with Crippen molar-refractivity contribution in [1.82, 2.24) is 0 Å². The zero-order chi connectivity index (χ0) is 8.36. The summed E-state index contributed by atoms with van der Waals surface area (Å²) in [7, 11) is -5.60. The van der Waals surface area contributed by atoms with Gasteiger partial charge in [0.2, 0.25) is 0 Å². The molecular formula is C2HF3O4SZn. The quantitative estimate of drug-likeness (QED) is 0.506. The molecule has 9 heteroatoms. The topological polar surface area (TPSA) is 60.4 Å². The maximum absolute atomic E-state index is 11.2. The SMILES string of the molecule is O=C(OS(=O)(=O)F)C(F)F.[Zn]. The van der Waals surface area contributed by atoms with Crippen LogP contribution in [-0.4, -0.2) is 20.8 Å². The molecule has 0 fully saturated rings. The predicted octanol–water partition coefficient (Wildman–Crippen LogP) is 0.00650. The van der Waals surface area contributed by atoms with E-state index < -0.39 is 22.9 Å². The molecule has 0 saturated heterocycles. The molecule has 4 nitrogen and oxygen atoms in total. The van der Waals surface area contributed by atoms with Crippen molar-refractivity contribution in [1.29, 1.82) is 0 Å². The van der Waals surface area contributed by atoms with Gasteiger partial charge in [0.25, 0.3) is 0 Å². The van der Waals surface area contributed by atoms with Gasteiger partial charge in [-0.2, -0.15) is 17.2 Å². The minimum absolute atomic E-state index is 0. The van der Waals surface area contributed by atoms with Crippen molar-refractivity contribution in [2.24, 2.45) is 0 Å². The Bertz CT molecular complexity index is 223. The van der Waals surface area contributed by atoms with Gasteiger partial charge < -0.3 is 4.18 Å². The molecule has 0 aromatic heterocycles. The second kappa shape index (κ2) is 4.66. The van der Waals surface area contributed by atoms with Crippen LogP contribution in [0, 0.1) is 0 Å². The van der Waals surface area contributed by atoms with Crippen LogP contribution >= 0.6 is 0 Å². The number of hydrogen-bond donors (Lipinski definition) is 0. The summed E-state index contributed by atoms with van der Waals surface area (Å²) in [5.74, 6) is -2.43. The van der Waals surface area contributed by atoms with E-state index in [-0.39, 0.29) is 19.5 Å². The predicted molar refractivity (Wildman–Crippen MR) is 22.1 cm³/mol. The van der Waals surface area contributed by atoms with E-state index in [0.717, 1.165) is 0 Å². The Morgan fingerprint density at radius 1 is 1.36 bits per heavy atom. The minimum atomic E-state index is -5.60. The summed E-state index contributed by atoms with van der Waals surface area (Å²) in [6, 6.07) is 0. The third-order valence-electron chi connectivity index (χ3n) is 0.360. The van der Waals surface area contributed by atoms with Gasteiger partial charge in [0.1, 0.15) is 0 Å². The average molecular weight is 243 g/mol. The summed E-state index contributed by atoms with van der Waals surface area (Å²) in [6.45, 7) is 0. The number of carbonyl (C=O) groups is 1. The monoisotopic (exact) mass is 242 g/mol. The number of halogens is 3. The zero-order valence-corrected chi connectivity index (χ0v) is 8.74. The third kappa shape index (κ3) is 7.73. The van der Waals surface area contributed by atoms with Crippen molar-refractivity contribution in [2.45, 2.75) is 6.43 Å². The molecule has 0 aliphatic heterocycles. The molecule has 0 amide bonds. The van der Waals surface area contributed by atoms with Gasteiger partial charge in [0.05, 0.1) is 0 Å². The van der Waals surface area contributed by atoms with E-state index in [9.17, 15) is 25.9 Å². The Morgan fingerprint density at radius 2 is 1.73 bits per heavy atom. The Balaban J connectivity index is 0. The van der Waals surface area contributed by atoms with E-state index in [0.29, 0.717) is 0 Å². The fraction of sp³-hybridized carbons (Fsp3) is 0.500. The Hall–Kier alpha value is -0.167. The van der Waals surface area contributed by atoms with E-state index in [1.165, 1.54) is 0 Å². The number of rotatable bonds is 2. The standard InChI is InChI=1S/C2HF3O4S.Zn/c3-1(4)2(6)9-10(5,7)8;/h1H;. The Morgan fingerprint density at radius 3 is 1.82 bits per heavy atom. The van der Waals surface area contributed by atoms with Gasteiger partial charge in [-0.3, -0.25) is 0 Å². The molecule has 62 valence electrons. The van der Waals surface area contributed by atoms with Gasteiger partial charge >= 0.3 is 22.9 Å². The van der Waals surface area contributed by atoms with Crippen LogP contribution in [0.3, 0.4) is 0 Å². The van der Waals surface area contributed by atoms with Gasteiger partial charge in [0.15, 0.2) is 0 Å². The van der Waals surface area contributed by atoms with Crippen LogP contribution in [0.4, 0.5) is 12.7 Å². The molecule has 0 saturated carbocycles. The van der Waals surface area contributed by atoms with Crippen molar-refractivity contribution >= 4 is 16.5 Å². The summed E-state index contributed by atoms with van der Waals surface area (Å²) in [5.41, 5.74) is 0. The van der Waals surface area contributed by atoms with Gasteiger partial charge in [0, 0.05) is 19.5 Å². The summed E-state index contributed by atoms with van der Waals surface area (Å²) in [5, 5.41) is 0. The molecule has 0 aromatic rings. The van der Waals surface area contributed by atoms with Gasteiger partial charge in [-0.15, -0.1) is 0 Å². The van der Waals surface area contributed by atoms with Gasteiger partial charge in [-0.25, -0.2) is 4.79 Å². The van der Waals surface area contributed by atoms with Crippen molar-refractivity contribution in [3.05, 3.63) is 0 Å². The Kier molecular flexibility index (Phi) is 5.69. The van der Waals surface area contributed by atoms with Crippen molar-refractivity contribution in [2.75, 3.05) is 0 Å². The first-order chi connectivity index (χ1) is 4.33. The zero-order valence-electron chi connectivity index (χ0n) is 4.96. The first kappa shape index (κ1) is 13.4. The van der Waals surface area contributed by atoms with E-state index in [4.69, 9.17) is 0 Å². The number of carbonyl (C=O) groups excluding carboxylic acids is 1. The van der Waals surface area contributed by atoms with Gasteiger partial charge in [-0.05, 0) is 0 Å². The number of hydrogen-bond acceptors (Lipinski definition) is 4. The maximum Gasteiger partial charge on any atom is 0.491 e. The van der Waals surface area contributed by atoms with Crippen molar-refractivity contribution in [3.8, 4) is 0 Å². The molecule has 0 unspecified atom stereocenters. The van der Waals surface area contributed by atoms with Crippen LogP contribution in [0.2, 0.25) is 0 Å². The van der Waals surface area contributed by atoms with Crippen LogP contribution in [0.1, 0.15) is 0 Å². The normalized spacial score (nSPS) is 10.5. The molecule has 0 bridgehead atoms. The van der Waals surface area contributed by atoms with Crippen molar-refractivity contribution in [3.63, 3.8) is 0 Å². The molecule has 0 heterocycles. The summed E-state index contributed by atoms with van der Waals surface area (Å²) in [4.78, 5) is 9.57. The second-order valence-corrected chi connectivity index (χ2v) is 2.05. The Labute approximate surface area is 72.9 Å². The van der Waals surface area contributed by atoms with Crippen LogP contribution in [0.15, 0.2) is 0 Å². The first-order valence-electron chi connectivity index (χ1n) is 1.79. The van der Waals surface area contributed by atoms with Crippen LogP contribution in [0.5, 0.6) is 0 Å². The smallest absolute Gasteiger partial charge is 0.316 e. The van der Waals surface area contributed by atoms with Crippen LogP contribution in [0.25, 0.3) is 0 Å². The van der Waals surface area contributed by atoms with E-state index in [2.05, 4.69) is 4.18 Å². The molecule has 0 aliphatic rings. The largest absolute Gasteiger partial charge is 0.491 e.